The van der Waals surface area contributed by atoms with E-state index in [4.69, 9.17) is 4.74 Å². The lowest BCUT2D eigenvalue weighted by Gasteiger charge is -2.26. The maximum Gasteiger partial charge on any atom is 0.335 e. The molecule has 2 heterocycles. The Balaban J connectivity index is 2.00. The number of methoxy groups -OCH3 is 1. The molecule has 0 amide bonds. The van der Waals surface area contributed by atoms with Gasteiger partial charge in [0.15, 0.2) is 0 Å². The Morgan fingerprint density at radius 2 is 2.03 bits per heavy atom. The van der Waals surface area contributed by atoms with Crippen molar-refractivity contribution in [1.29, 1.82) is 0 Å². The van der Waals surface area contributed by atoms with E-state index >= 15 is 0 Å². The summed E-state index contributed by atoms with van der Waals surface area (Å²) in [7, 11) is -0.996. The van der Waals surface area contributed by atoms with Crippen molar-refractivity contribution in [1.82, 2.24) is 9.97 Å². The van der Waals surface area contributed by atoms with Crippen LogP contribution in [0.4, 0.5) is 11.6 Å². The summed E-state index contributed by atoms with van der Waals surface area (Å²) >= 11 is 0. The van der Waals surface area contributed by atoms with Crippen LogP contribution in [0.25, 0.3) is 0 Å². The number of nitrogens with zero attached hydrogens (tertiary/aromatic N) is 4. The highest BCUT2D eigenvalue weighted by molar-refractivity contribution is 7.92. The van der Waals surface area contributed by atoms with Crippen LogP contribution in [0.5, 0.6) is 0 Å². The third-order valence-electron chi connectivity index (χ3n) is 5.28. The normalized spacial score (nSPS) is 18.1. The van der Waals surface area contributed by atoms with E-state index in [-0.39, 0.29) is 16.3 Å². The predicted molar refractivity (Wildman–Crippen MR) is 112 cm³/mol. The molecule has 1 fully saturated rings. The van der Waals surface area contributed by atoms with Gasteiger partial charge in [-0.15, -0.1) is 0 Å². The van der Waals surface area contributed by atoms with Crippen LogP contribution in [0.15, 0.2) is 41.6 Å². The van der Waals surface area contributed by atoms with Crippen LogP contribution in [0, 0.1) is 11.8 Å². The first-order valence-corrected chi connectivity index (χ1v) is 11.1. The Kier molecular flexibility index (Phi) is 6.57. The van der Waals surface area contributed by atoms with E-state index in [9.17, 15) is 18.3 Å². The van der Waals surface area contributed by atoms with Gasteiger partial charge in [0.1, 0.15) is 16.5 Å². The third-order valence-corrected chi connectivity index (χ3v) is 7.03. The largest absolute Gasteiger partial charge is 0.478 e. The molecule has 2 unspecified atom stereocenters. The molecule has 2 aromatic rings. The van der Waals surface area contributed by atoms with E-state index in [0.29, 0.717) is 37.4 Å². The van der Waals surface area contributed by atoms with Crippen LogP contribution in [0.1, 0.15) is 23.7 Å². The van der Waals surface area contributed by atoms with Gasteiger partial charge in [-0.2, -0.15) is 0 Å². The van der Waals surface area contributed by atoms with Crippen molar-refractivity contribution in [3.8, 4) is 0 Å². The molecule has 10 heteroatoms. The van der Waals surface area contributed by atoms with E-state index in [1.807, 2.05) is 4.90 Å². The Hall–Kier alpha value is -2.72. The number of carbonyl (C=O) groups is 1. The molecule has 0 spiro atoms. The molecular weight excluding hydrogens is 408 g/mol. The molecular formula is C20H26N4O5S. The summed E-state index contributed by atoms with van der Waals surface area (Å²) in [5.41, 5.74) is -0.0329. The lowest BCUT2D eigenvalue weighted by Crippen LogP contribution is -2.32. The number of pyridine rings is 2. The van der Waals surface area contributed by atoms with Crippen molar-refractivity contribution in [2.75, 3.05) is 43.1 Å². The van der Waals surface area contributed by atoms with Gasteiger partial charge in [0.2, 0.25) is 0 Å². The highest BCUT2D eigenvalue weighted by Crippen LogP contribution is 2.39. The van der Waals surface area contributed by atoms with Crippen molar-refractivity contribution < 1.29 is 23.1 Å². The minimum absolute atomic E-state index is 0.000350. The molecule has 0 radical (unpaired) electrons. The van der Waals surface area contributed by atoms with Crippen LogP contribution in [0.3, 0.4) is 0 Å². The van der Waals surface area contributed by atoms with Crippen molar-refractivity contribution in [2.24, 2.45) is 11.8 Å². The van der Waals surface area contributed by atoms with Crippen molar-refractivity contribution in [3.63, 3.8) is 0 Å². The summed E-state index contributed by atoms with van der Waals surface area (Å²) in [4.78, 5) is 22.0. The van der Waals surface area contributed by atoms with E-state index in [1.54, 1.807) is 7.11 Å². The van der Waals surface area contributed by atoms with Gasteiger partial charge < -0.3 is 14.7 Å². The zero-order valence-corrected chi connectivity index (χ0v) is 18.0. The topological polar surface area (TPSA) is 113 Å². The number of ether oxygens (including phenoxy) is 1. The van der Waals surface area contributed by atoms with Crippen molar-refractivity contribution in [3.05, 3.63) is 42.2 Å². The van der Waals surface area contributed by atoms with E-state index in [1.165, 1.54) is 43.7 Å². The number of hydrogen-bond acceptors (Lipinski definition) is 7. The van der Waals surface area contributed by atoms with Gasteiger partial charge in [0.25, 0.3) is 10.0 Å². The smallest absolute Gasteiger partial charge is 0.335 e. The lowest BCUT2D eigenvalue weighted by molar-refractivity contribution is 0.0696. The number of aromatic nitrogens is 2. The number of rotatable bonds is 10. The fourth-order valence-electron chi connectivity index (χ4n) is 3.17. The number of aromatic carboxylic acids is 1. The quantitative estimate of drug-likeness (QED) is 0.605. The van der Waals surface area contributed by atoms with Crippen molar-refractivity contribution in [2.45, 2.75) is 18.2 Å². The second-order valence-electron chi connectivity index (χ2n) is 7.45. The van der Waals surface area contributed by atoms with Crippen LogP contribution in [-0.4, -0.2) is 63.3 Å². The van der Waals surface area contributed by atoms with Gasteiger partial charge >= 0.3 is 5.97 Å². The first-order chi connectivity index (χ1) is 14.2. The summed E-state index contributed by atoms with van der Waals surface area (Å²) in [5, 5.41) is 9.58. The maximum atomic E-state index is 13.0. The second kappa shape index (κ2) is 8.97. The van der Waals surface area contributed by atoms with Gasteiger partial charge in [-0.1, -0.05) is 6.92 Å². The molecule has 162 valence electrons. The van der Waals surface area contributed by atoms with Gasteiger partial charge in [-0.3, -0.25) is 9.29 Å². The monoisotopic (exact) mass is 434 g/mol. The molecule has 1 saturated carbocycles. The molecule has 1 aliphatic rings. The highest BCUT2D eigenvalue weighted by Gasteiger charge is 2.34. The fourth-order valence-corrected chi connectivity index (χ4v) is 4.27. The van der Waals surface area contributed by atoms with Gasteiger partial charge in [-0.25, -0.2) is 18.2 Å². The van der Waals surface area contributed by atoms with Crippen LogP contribution < -0.4 is 9.21 Å². The number of carboxylic acid groups (broad SMARTS) is 1. The predicted octanol–water partition coefficient (Wildman–Crippen LogP) is 2.11. The first-order valence-electron chi connectivity index (χ1n) is 9.62. The lowest BCUT2D eigenvalue weighted by atomic mass is 10.2. The molecule has 0 bridgehead atoms. The number of anilines is 2. The molecule has 3 rings (SSSR count). The maximum absolute atomic E-state index is 13.0. The summed E-state index contributed by atoms with van der Waals surface area (Å²) in [5.74, 6) is 0.385. The molecule has 30 heavy (non-hydrogen) atoms. The molecule has 2 atom stereocenters. The van der Waals surface area contributed by atoms with Crippen LogP contribution in [0.2, 0.25) is 0 Å². The molecule has 9 nitrogen and oxygen atoms in total. The molecule has 2 aromatic heterocycles. The molecule has 1 aliphatic carbocycles. The van der Waals surface area contributed by atoms with Gasteiger partial charge in [0.05, 0.1) is 12.2 Å². The van der Waals surface area contributed by atoms with E-state index in [0.717, 1.165) is 10.7 Å². The minimum atomic E-state index is -3.94. The molecule has 1 N–H and O–H groups in total. The molecule has 0 aromatic carbocycles. The second-order valence-corrected chi connectivity index (χ2v) is 9.42. The number of carboxylic acids is 1. The average Bonchev–Trinajstić information content (AvgIpc) is 3.45. The SMILES string of the molecule is COCCN(CC1CC1C)c1cc(C(=O)O)cc(N(C)S(=O)(=O)c2cccnc2)n1. The zero-order valence-electron chi connectivity index (χ0n) is 17.2. The average molecular weight is 435 g/mol. The van der Waals surface area contributed by atoms with E-state index in [2.05, 4.69) is 16.9 Å². The van der Waals surface area contributed by atoms with Gasteiger partial charge in [0, 0.05) is 39.6 Å². The van der Waals surface area contributed by atoms with Crippen LogP contribution in [-0.2, 0) is 14.8 Å². The summed E-state index contributed by atoms with van der Waals surface area (Å²) in [6.45, 7) is 3.84. The molecule has 0 aliphatic heterocycles. The third kappa shape index (κ3) is 4.88. The van der Waals surface area contributed by atoms with Gasteiger partial charge in [-0.05, 0) is 42.5 Å². The Morgan fingerprint density at radius 3 is 2.60 bits per heavy atom. The Morgan fingerprint density at radius 1 is 1.33 bits per heavy atom. The van der Waals surface area contributed by atoms with Crippen molar-refractivity contribution >= 4 is 27.6 Å². The minimum Gasteiger partial charge on any atom is -0.478 e. The first kappa shape index (κ1) is 22.0. The standard InChI is InChI=1S/C20H26N4O5S/c1-14-9-16(14)13-24(7-8-29-3)19-11-15(20(25)26)10-18(22-19)23(2)30(27,28)17-5-4-6-21-12-17/h4-6,10-12,14,16H,7-9,13H2,1-3H3,(H,25,26). The molecule has 0 saturated heterocycles. The highest BCUT2D eigenvalue weighted by atomic mass is 32.2. The Bertz CT molecular complexity index is 1000. The Labute approximate surface area is 176 Å². The number of sulfonamides is 1. The summed E-state index contributed by atoms with van der Waals surface area (Å²) in [6, 6.07) is 5.68. The zero-order chi connectivity index (χ0) is 21.9. The van der Waals surface area contributed by atoms with E-state index < -0.39 is 16.0 Å². The summed E-state index contributed by atoms with van der Waals surface area (Å²) in [6.07, 6.45) is 3.82. The van der Waals surface area contributed by atoms with Crippen LogP contribution >= 0.6 is 0 Å². The number of hydrogen-bond donors (Lipinski definition) is 1. The fraction of sp³-hybridized carbons (Fsp3) is 0.450. The summed E-state index contributed by atoms with van der Waals surface area (Å²) < 4.78 is 32.1.